The lowest BCUT2D eigenvalue weighted by Gasteiger charge is -2.10. The number of nitrogens with zero attached hydrogens (tertiary/aromatic N) is 2. The highest BCUT2D eigenvalue weighted by atomic mass is 32.2. The number of aromatic nitrogens is 2. The van der Waals surface area contributed by atoms with Crippen LogP contribution in [0.25, 0.3) is 17.1 Å². The van der Waals surface area contributed by atoms with E-state index in [1.165, 1.54) is 4.57 Å². The lowest BCUT2D eigenvalue weighted by Crippen LogP contribution is -2.05. The summed E-state index contributed by atoms with van der Waals surface area (Å²) in [6.45, 7) is 0. The SMILES string of the molecule is O=S([O-])Cc1ccc(-n2cc(C(F)(F)F)nc2-c2ccccc2)cc1. The van der Waals surface area contributed by atoms with Crippen LogP contribution < -0.4 is 0 Å². The molecule has 8 heteroatoms. The van der Waals surface area contributed by atoms with Gasteiger partial charge in [-0.25, -0.2) is 4.98 Å². The van der Waals surface area contributed by atoms with Crippen LogP contribution in [0.5, 0.6) is 0 Å². The van der Waals surface area contributed by atoms with Gasteiger partial charge in [0.2, 0.25) is 0 Å². The zero-order chi connectivity index (χ0) is 18.0. The van der Waals surface area contributed by atoms with E-state index in [1.54, 1.807) is 54.6 Å². The number of halogens is 3. The van der Waals surface area contributed by atoms with Crippen LogP contribution in [-0.4, -0.2) is 18.3 Å². The second-order valence-corrected chi connectivity index (χ2v) is 6.19. The summed E-state index contributed by atoms with van der Waals surface area (Å²) in [7, 11) is 0. The summed E-state index contributed by atoms with van der Waals surface area (Å²) in [5, 5.41) is 0. The summed E-state index contributed by atoms with van der Waals surface area (Å²) in [6, 6.07) is 14.8. The molecule has 0 saturated carbocycles. The maximum Gasteiger partial charge on any atom is 0.434 e. The smallest absolute Gasteiger partial charge is 0.434 e. The average molecular weight is 365 g/mol. The maximum absolute atomic E-state index is 13.1. The van der Waals surface area contributed by atoms with Gasteiger partial charge in [-0.15, -0.1) is 0 Å². The van der Waals surface area contributed by atoms with Gasteiger partial charge in [0.25, 0.3) is 0 Å². The zero-order valence-corrected chi connectivity index (χ0v) is 13.6. The normalized spacial score (nSPS) is 13.0. The Balaban J connectivity index is 2.08. The second-order valence-electron chi connectivity index (χ2n) is 5.30. The summed E-state index contributed by atoms with van der Waals surface area (Å²) in [6.07, 6.45) is -3.63. The van der Waals surface area contributed by atoms with E-state index in [0.717, 1.165) is 6.20 Å². The van der Waals surface area contributed by atoms with Gasteiger partial charge in [0.05, 0.1) is 0 Å². The highest BCUT2D eigenvalue weighted by Gasteiger charge is 2.35. The number of rotatable bonds is 4. The molecular weight excluding hydrogens is 353 g/mol. The third-order valence-electron chi connectivity index (χ3n) is 3.53. The van der Waals surface area contributed by atoms with Crippen LogP contribution in [0.3, 0.4) is 0 Å². The van der Waals surface area contributed by atoms with E-state index in [0.29, 0.717) is 16.8 Å². The van der Waals surface area contributed by atoms with Gasteiger partial charge in [-0.05, 0) is 17.7 Å². The molecule has 2 aromatic carbocycles. The fourth-order valence-electron chi connectivity index (χ4n) is 2.39. The van der Waals surface area contributed by atoms with Crippen LogP contribution in [0.1, 0.15) is 11.3 Å². The van der Waals surface area contributed by atoms with Gasteiger partial charge in [-0.3, -0.25) is 8.78 Å². The summed E-state index contributed by atoms with van der Waals surface area (Å²) in [5.41, 5.74) is 0.565. The Kier molecular flexibility index (Phi) is 4.73. The lowest BCUT2D eigenvalue weighted by atomic mass is 10.2. The number of benzene rings is 2. The third-order valence-corrected chi connectivity index (χ3v) is 4.10. The van der Waals surface area contributed by atoms with Crippen molar-refractivity contribution in [2.24, 2.45) is 0 Å². The number of imidazole rings is 1. The second kappa shape index (κ2) is 6.81. The molecule has 0 spiro atoms. The van der Waals surface area contributed by atoms with Crippen LogP contribution in [0.2, 0.25) is 0 Å². The van der Waals surface area contributed by atoms with Crippen molar-refractivity contribution < 1.29 is 21.9 Å². The fraction of sp³-hybridized carbons (Fsp3) is 0.118. The minimum absolute atomic E-state index is 0.149. The molecule has 1 unspecified atom stereocenters. The number of hydrogen-bond donors (Lipinski definition) is 0. The average Bonchev–Trinajstić information content (AvgIpc) is 3.01. The zero-order valence-electron chi connectivity index (χ0n) is 12.7. The van der Waals surface area contributed by atoms with E-state index in [-0.39, 0.29) is 11.6 Å². The van der Waals surface area contributed by atoms with Crippen molar-refractivity contribution in [3.63, 3.8) is 0 Å². The fourth-order valence-corrected chi connectivity index (χ4v) is 2.86. The Hall–Kier alpha value is -2.45. The molecule has 1 aromatic heterocycles. The van der Waals surface area contributed by atoms with Gasteiger partial charge in [-0.2, -0.15) is 13.2 Å². The van der Waals surface area contributed by atoms with Crippen molar-refractivity contribution >= 4 is 11.1 Å². The lowest BCUT2D eigenvalue weighted by molar-refractivity contribution is -0.140. The molecule has 1 atom stereocenters. The quantitative estimate of drug-likeness (QED) is 0.658. The third kappa shape index (κ3) is 3.97. The van der Waals surface area contributed by atoms with Crippen molar-refractivity contribution in [1.82, 2.24) is 9.55 Å². The highest BCUT2D eigenvalue weighted by Crippen LogP contribution is 2.32. The molecule has 25 heavy (non-hydrogen) atoms. The first-order valence-electron chi connectivity index (χ1n) is 7.22. The molecule has 4 nitrogen and oxygen atoms in total. The molecule has 1 heterocycles. The molecule has 0 N–H and O–H groups in total. The summed E-state index contributed by atoms with van der Waals surface area (Å²) < 4.78 is 62.0. The first-order chi connectivity index (χ1) is 11.8. The maximum atomic E-state index is 13.1. The Bertz CT molecular complexity index is 891. The van der Waals surface area contributed by atoms with Crippen molar-refractivity contribution in [3.8, 4) is 17.1 Å². The Morgan fingerprint density at radius 3 is 2.24 bits per heavy atom. The van der Waals surface area contributed by atoms with Gasteiger partial charge in [0, 0.05) is 23.2 Å². The molecule has 0 bridgehead atoms. The first kappa shape index (κ1) is 17.4. The first-order valence-corrected chi connectivity index (χ1v) is 8.46. The molecule has 0 aliphatic rings. The molecule has 0 fully saturated rings. The Labute approximate surface area is 144 Å². The van der Waals surface area contributed by atoms with Gasteiger partial charge in [-0.1, -0.05) is 53.5 Å². The van der Waals surface area contributed by atoms with Crippen LogP contribution in [0, 0.1) is 0 Å². The van der Waals surface area contributed by atoms with Gasteiger partial charge in [0.1, 0.15) is 5.82 Å². The molecule has 0 saturated heterocycles. The Morgan fingerprint density at radius 1 is 1.04 bits per heavy atom. The standard InChI is InChI=1S/C17H13F3N2O2S/c18-17(19,20)15-10-22(16(21-15)13-4-2-1-3-5-13)14-8-6-12(7-9-14)11-25(23)24/h1-10H,11H2,(H,23,24)/p-1. The number of hydrogen-bond acceptors (Lipinski definition) is 3. The van der Waals surface area contributed by atoms with Crippen LogP contribution in [0.15, 0.2) is 60.8 Å². The number of alkyl halides is 3. The molecule has 0 aliphatic carbocycles. The van der Waals surface area contributed by atoms with Gasteiger partial charge in [0.15, 0.2) is 5.69 Å². The molecule has 0 radical (unpaired) electrons. The molecule has 0 amide bonds. The minimum atomic E-state index is -4.56. The largest absolute Gasteiger partial charge is 0.772 e. The van der Waals surface area contributed by atoms with E-state index in [4.69, 9.17) is 0 Å². The van der Waals surface area contributed by atoms with E-state index in [9.17, 15) is 21.9 Å². The molecule has 130 valence electrons. The molecule has 0 aliphatic heterocycles. The monoisotopic (exact) mass is 365 g/mol. The summed E-state index contributed by atoms with van der Waals surface area (Å²) >= 11 is -2.23. The van der Waals surface area contributed by atoms with E-state index in [1.807, 2.05) is 0 Å². The van der Waals surface area contributed by atoms with Gasteiger partial charge < -0.3 is 4.55 Å². The highest BCUT2D eigenvalue weighted by molar-refractivity contribution is 7.78. The van der Waals surface area contributed by atoms with Crippen LogP contribution in [0.4, 0.5) is 13.2 Å². The van der Waals surface area contributed by atoms with E-state index >= 15 is 0 Å². The molecular formula is C17H12F3N2O2S-. The van der Waals surface area contributed by atoms with Gasteiger partial charge >= 0.3 is 6.18 Å². The van der Waals surface area contributed by atoms with Crippen LogP contribution >= 0.6 is 0 Å². The van der Waals surface area contributed by atoms with E-state index < -0.39 is 23.0 Å². The Morgan fingerprint density at radius 2 is 1.68 bits per heavy atom. The van der Waals surface area contributed by atoms with Crippen molar-refractivity contribution in [3.05, 3.63) is 72.1 Å². The molecule has 3 aromatic rings. The molecule has 3 rings (SSSR count). The predicted octanol–water partition coefficient (Wildman–Crippen LogP) is 3.94. The van der Waals surface area contributed by atoms with Crippen molar-refractivity contribution in [2.75, 3.05) is 0 Å². The topological polar surface area (TPSA) is 57.9 Å². The summed E-state index contributed by atoms with van der Waals surface area (Å²) in [4.78, 5) is 3.74. The predicted molar refractivity (Wildman–Crippen MR) is 86.6 cm³/mol. The van der Waals surface area contributed by atoms with Crippen molar-refractivity contribution in [2.45, 2.75) is 11.9 Å². The minimum Gasteiger partial charge on any atom is -0.772 e. The summed E-state index contributed by atoms with van der Waals surface area (Å²) in [5.74, 6) is 0.0110. The van der Waals surface area contributed by atoms with E-state index in [2.05, 4.69) is 4.98 Å². The van der Waals surface area contributed by atoms with Crippen LogP contribution in [-0.2, 0) is 23.0 Å². The van der Waals surface area contributed by atoms with Crippen molar-refractivity contribution in [1.29, 1.82) is 0 Å².